The summed E-state index contributed by atoms with van der Waals surface area (Å²) in [4.78, 5) is 22.5. The molecule has 7 heteroatoms. The zero-order chi connectivity index (χ0) is 18.4. The van der Waals surface area contributed by atoms with Gasteiger partial charge in [-0.3, -0.25) is 14.9 Å². The molecule has 0 radical (unpaired) electrons. The predicted molar refractivity (Wildman–Crippen MR) is 93.9 cm³/mol. The number of hydrogen-bond acceptors (Lipinski definition) is 5. The molecule has 0 spiro atoms. The average molecular weight is 344 g/mol. The fourth-order valence-electron chi connectivity index (χ4n) is 2.29. The highest BCUT2D eigenvalue weighted by molar-refractivity contribution is 5.81. The van der Waals surface area contributed by atoms with Crippen LogP contribution in [0.1, 0.15) is 13.8 Å². The molecule has 1 atom stereocenters. The number of amides is 1. The molecule has 0 aliphatic carbocycles. The van der Waals surface area contributed by atoms with Crippen LogP contribution in [-0.2, 0) is 4.79 Å². The molecule has 7 nitrogen and oxygen atoms in total. The van der Waals surface area contributed by atoms with Gasteiger partial charge in [-0.25, -0.2) is 0 Å². The summed E-state index contributed by atoms with van der Waals surface area (Å²) in [7, 11) is 1.56. The number of carbonyl (C=O) groups is 1. The molecule has 2 rings (SSSR count). The Kier molecular flexibility index (Phi) is 5.94. The fraction of sp³-hybridized carbons (Fsp3) is 0.278. The minimum atomic E-state index is -0.724. The molecule has 0 heterocycles. The highest BCUT2D eigenvalue weighted by atomic mass is 16.6. The monoisotopic (exact) mass is 344 g/mol. The van der Waals surface area contributed by atoms with Gasteiger partial charge < -0.3 is 14.8 Å². The Balaban J connectivity index is 2.41. The van der Waals surface area contributed by atoms with Crippen molar-refractivity contribution >= 4 is 11.6 Å². The molecule has 0 unspecified atom stereocenters. The van der Waals surface area contributed by atoms with Crippen LogP contribution in [0.5, 0.6) is 11.5 Å². The summed E-state index contributed by atoms with van der Waals surface area (Å²) in [5.41, 5.74) is 1.21. The summed E-state index contributed by atoms with van der Waals surface area (Å²) in [6.07, 6.45) is -0.724. The van der Waals surface area contributed by atoms with Crippen LogP contribution in [-0.4, -0.2) is 30.6 Å². The molecule has 1 amide bonds. The van der Waals surface area contributed by atoms with Gasteiger partial charge in [0.1, 0.15) is 11.5 Å². The Bertz CT molecular complexity index is 759. The summed E-state index contributed by atoms with van der Waals surface area (Å²) in [6.45, 7) is 3.95. The first kappa shape index (κ1) is 18.3. The number of nitro groups is 1. The lowest BCUT2D eigenvalue weighted by Gasteiger charge is -2.17. The summed E-state index contributed by atoms with van der Waals surface area (Å²) in [5, 5.41) is 13.8. The van der Waals surface area contributed by atoms with Crippen LogP contribution in [0.4, 0.5) is 5.69 Å². The molecule has 2 aromatic carbocycles. The van der Waals surface area contributed by atoms with E-state index in [0.29, 0.717) is 23.6 Å². The van der Waals surface area contributed by atoms with Crippen molar-refractivity contribution in [1.29, 1.82) is 0 Å². The first-order valence-corrected chi connectivity index (χ1v) is 7.83. The van der Waals surface area contributed by atoms with Gasteiger partial charge in [0.2, 0.25) is 0 Å². The molecule has 0 bridgehead atoms. The van der Waals surface area contributed by atoms with Crippen LogP contribution in [0.2, 0.25) is 0 Å². The zero-order valence-electron chi connectivity index (χ0n) is 14.3. The standard InChI is InChI=1S/C18H20N2O5/c1-4-19-18(21)12(2)25-17-10-7-14(20(22)23)11-16(17)13-5-8-15(24-3)9-6-13/h5-12H,4H2,1-3H3,(H,19,21)/t12-/m1/s1. The first-order chi connectivity index (χ1) is 12.0. The average Bonchev–Trinajstić information content (AvgIpc) is 2.62. The molecule has 0 aliphatic heterocycles. The van der Waals surface area contributed by atoms with Crippen molar-refractivity contribution in [1.82, 2.24) is 5.32 Å². The lowest BCUT2D eigenvalue weighted by atomic mass is 10.0. The molecule has 0 aliphatic rings. The summed E-state index contributed by atoms with van der Waals surface area (Å²) >= 11 is 0. The highest BCUT2D eigenvalue weighted by Crippen LogP contribution is 2.34. The molecule has 25 heavy (non-hydrogen) atoms. The van der Waals surface area contributed by atoms with Crippen LogP contribution >= 0.6 is 0 Å². The second-order valence-corrected chi connectivity index (χ2v) is 5.32. The van der Waals surface area contributed by atoms with Gasteiger partial charge in [-0.2, -0.15) is 0 Å². The SMILES string of the molecule is CCNC(=O)[C@@H](C)Oc1ccc([N+](=O)[O-])cc1-c1ccc(OC)cc1. The van der Waals surface area contributed by atoms with Gasteiger partial charge in [0.15, 0.2) is 6.10 Å². The number of nitrogens with zero attached hydrogens (tertiary/aromatic N) is 1. The van der Waals surface area contributed by atoms with E-state index in [-0.39, 0.29) is 11.6 Å². The van der Waals surface area contributed by atoms with E-state index in [1.165, 1.54) is 18.2 Å². The van der Waals surface area contributed by atoms with E-state index in [9.17, 15) is 14.9 Å². The number of hydrogen-bond donors (Lipinski definition) is 1. The Hall–Kier alpha value is -3.09. The van der Waals surface area contributed by atoms with Crippen molar-refractivity contribution in [3.63, 3.8) is 0 Å². The van der Waals surface area contributed by atoms with Gasteiger partial charge in [-0.15, -0.1) is 0 Å². The van der Waals surface area contributed by atoms with Crippen molar-refractivity contribution in [2.45, 2.75) is 20.0 Å². The lowest BCUT2D eigenvalue weighted by molar-refractivity contribution is -0.384. The van der Waals surface area contributed by atoms with E-state index in [2.05, 4.69) is 5.32 Å². The molecule has 0 saturated carbocycles. The van der Waals surface area contributed by atoms with Gasteiger partial charge in [0.25, 0.3) is 11.6 Å². The first-order valence-electron chi connectivity index (χ1n) is 7.83. The second kappa shape index (κ2) is 8.14. The third kappa shape index (κ3) is 4.47. The Morgan fingerprint density at radius 3 is 2.48 bits per heavy atom. The zero-order valence-corrected chi connectivity index (χ0v) is 14.3. The summed E-state index contributed by atoms with van der Waals surface area (Å²) in [5.74, 6) is 0.823. The van der Waals surface area contributed by atoms with Gasteiger partial charge in [0, 0.05) is 24.2 Å². The molecule has 0 aromatic heterocycles. The Labute approximate surface area is 145 Å². The number of carbonyl (C=O) groups excluding carboxylic acids is 1. The molecule has 2 aromatic rings. The minimum Gasteiger partial charge on any atom is -0.497 e. The molecule has 132 valence electrons. The maximum Gasteiger partial charge on any atom is 0.270 e. The van der Waals surface area contributed by atoms with E-state index in [1.54, 1.807) is 38.3 Å². The largest absolute Gasteiger partial charge is 0.497 e. The number of non-ortho nitro benzene ring substituents is 1. The topological polar surface area (TPSA) is 90.7 Å². The van der Waals surface area contributed by atoms with Gasteiger partial charge >= 0.3 is 0 Å². The van der Waals surface area contributed by atoms with Crippen LogP contribution < -0.4 is 14.8 Å². The predicted octanol–water partition coefficient (Wildman–Crippen LogP) is 3.17. The number of likely N-dealkylation sites (N-methyl/N-ethyl adjacent to an activating group) is 1. The van der Waals surface area contributed by atoms with Crippen LogP contribution in [0, 0.1) is 10.1 Å². The number of ether oxygens (including phenoxy) is 2. The molecular formula is C18H20N2O5. The van der Waals surface area contributed by atoms with Crippen molar-refractivity contribution in [2.24, 2.45) is 0 Å². The van der Waals surface area contributed by atoms with Crippen LogP contribution in [0.25, 0.3) is 11.1 Å². The summed E-state index contributed by atoms with van der Waals surface area (Å²) < 4.78 is 10.9. The van der Waals surface area contributed by atoms with Crippen molar-refractivity contribution in [3.8, 4) is 22.6 Å². The number of methoxy groups -OCH3 is 1. The van der Waals surface area contributed by atoms with E-state index in [1.807, 2.05) is 6.92 Å². The van der Waals surface area contributed by atoms with Crippen molar-refractivity contribution in [2.75, 3.05) is 13.7 Å². The maximum atomic E-state index is 11.9. The van der Waals surface area contributed by atoms with Crippen molar-refractivity contribution in [3.05, 3.63) is 52.6 Å². The number of benzene rings is 2. The van der Waals surface area contributed by atoms with E-state index in [0.717, 1.165) is 5.56 Å². The molecule has 0 saturated heterocycles. The van der Waals surface area contributed by atoms with Crippen LogP contribution in [0.3, 0.4) is 0 Å². The third-order valence-corrected chi connectivity index (χ3v) is 3.60. The van der Waals surface area contributed by atoms with Crippen molar-refractivity contribution < 1.29 is 19.2 Å². The van der Waals surface area contributed by atoms with Gasteiger partial charge in [-0.05, 0) is 37.6 Å². The second-order valence-electron chi connectivity index (χ2n) is 5.32. The number of nitro benzene ring substituents is 1. The number of rotatable bonds is 7. The number of nitrogens with one attached hydrogen (secondary N) is 1. The van der Waals surface area contributed by atoms with E-state index >= 15 is 0 Å². The quantitative estimate of drug-likeness (QED) is 0.615. The van der Waals surface area contributed by atoms with E-state index in [4.69, 9.17) is 9.47 Å². The van der Waals surface area contributed by atoms with Gasteiger partial charge in [0.05, 0.1) is 12.0 Å². The summed E-state index contributed by atoms with van der Waals surface area (Å²) in [6, 6.07) is 11.4. The third-order valence-electron chi connectivity index (χ3n) is 3.60. The molecule has 0 fully saturated rings. The van der Waals surface area contributed by atoms with E-state index < -0.39 is 11.0 Å². The normalized spacial score (nSPS) is 11.5. The highest BCUT2D eigenvalue weighted by Gasteiger charge is 2.19. The smallest absolute Gasteiger partial charge is 0.270 e. The Morgan fingerprint density at radius 1 is 1.24 bits per heavy atom. The van der Waals surface area contributed by atoms with Crippen LogP contribution in [0.15, 0.2) is 42.5 Å². The minimum absolute atomic E-state index is 0.0520. The Morgan fingerprint density at radius 2 is 1.92 bits per heavy atom. The molecule has 1 N–H and O–H groups in total. The maximum absolute atomic E-state index is 11.9. The van der Waals surface area contributed by atoms with Gasteiger partial charge in [-0.1, -0.05) is 12.1 Å². The molecular weight excluding hydrogens is 324 g/mol. The lowest BCUT2D eigenvalue weighted by Crippen LogP contribution is -2.36. The fourth-order valence-corrected chi connectivity index (χ4v) is 2.29.